The zero-order valence-electron chi connectivity index (χ0n) is 13.6. The van der Waals surface area contributed by atoms with Crippen LogP contribution in [0.1, 0.15) is 22.7 Å². The van der Waals surface area contributed by atoms with Gasteiger partial charge in [-0.3, -0.25) is 5.10 Å². The van der Waals surface area contributed by atoms with Crippen LogP contribution < -0.4 is 19.9 Å². The lowest BCUT2D eigenvalue weighted by atomic mass is 9.83. The fourth-order valence-corrected chi connectivity index (χ4v) is 2.83. The van der Waals surface area contributed by atoms with Crippen LogP contribution >= 0.6 is 0 Å². The van der Waals surface area contributed by atoms with E-state index in [0.717, 1.165) is 0 Å². The summed E-state index contributed by atoms with van der Waals surface area (Å²) in [5, 5.41) is 14.9. The van der Waals surface area contributed by atoms with Crippen LogP contribution in [-0.4, -0.2) is 24.4 Å². The monoisotopic (exact) mass is 366 g/mol. The van der Waals surface area contributed by atoms with Crippen molar-refractivity contribution >= 4 is 0 Å². The maximum absolute atomic E-state index is 13.4. The second kappa shape index (κ2) is 6.18. The molecule has 0 saturated carbocycles. The van der Waals surface area contributed by atoms with Crippen LogP contribution in [0.25, 0.3) is 0 Å². The van der Waals surface area contributed by atoms with E-state index in [9.17, 15) is 18.4 Å². The zero-order chi connectivity index (χ0) is 19.1. The van der Waals surface area contributed by atoms with Crippen LogP contribution in [0.2, 0.25) is 0 Å². The van der Waals surface area contributed by atoms with Crippen molar-refractivity contribution in [1.29, 1.82) is 5.26 Å². The fourth-order valence-electron chi connectivity index (χ4n) is 2.83. The molecule has 136 valence electrons. The number of hydrogen-bond acceptors (Lipinski definition) is 6. The van der Waals surface area contributed by atoms with Crippen molar-refractivity contribution in [3.63, 3.8) is 0 Å². The summed E-state index contributed by atoms with van der Waals surface area (Å²) in [6, 6.07) is 6.38. The Morgan fingerprint density at radius 2 is 2.04 bits per heavy atom. The van der Waals surface area contributed by atoms with Crippen molar-refractivity contribution in [3.8, 4) is 23.4 Å². The van der Waals surface area contributed by atoms with Gasteiger partial charge in [0.15, 0.2) is 0 Å². The SMILES string of the molecule is COc1ccc(C2C(C#N)=C(N)Oc3n[nH]c(C(F)(F)F)c32)c(OC)c1. The van der Waals surface area contributed by atoms with Gasteiger partial charge in [0.1, 0.15) is 28.8 Å². The maximum atomic E-state index is 13.4. The molecule has 1 aliphatic rings. The molecular weight excluding hydrogens is 353 g/mol. The van der Waals surface area contributed by atoms with Gasteiger partial charge in [0.05, 0.1) is 25.7 Å². The molecule has 1 aliphatic heterocycles. The Bertz CT molecular complexity index is 928. The van der Waals surface area contributed by atoms with Crippen LogP contribution in [0.15, 0.2) is 29.7 Å². The highest BCUT2D eigenvalue weighted by Crippen LogP contribution is 2.49. The summed E-state index contributed by atoms with van der Waals surface area (Å²) in [4.78, 5) is 0. The largest absolute Gasteiger partial charge is 0.497 e. The van der Waals surface area contributed by atoms with Crippen molar-refractivity contribution in [2.24, 2.45) is 5.73 Å². The Morgan fingerprint density at radius 3 is 2.62 bits per heavy atom. The van der Waals surface area contributed by atoms with E-state index in [1.807, 2.05) is 11.2 Å². The molecule has 1 atom stereocenters. The quantitative estimate of drug-likeness (QED) is 0.865. The number of methoxy groups -OCH3 is 2. The summed E-state index contributed by atoms with van der Waals surface area (Å²) in [6.07, 6.45) is -4.73. The summed E-state index contributed by atoms with van der Waals surface area (Å²) in [7, 11) is 2.80. The number of rotatable bonds is 3. The molecule has 1 aromatic heterocycles. The van der Waals surface area contributed by atoms with Crippen molar-refractivity contribution in [3.05, 3.63) is 46.5 Å². The van der Waals surface area contributed by atoms with E-state index in [0.29, 0.717) is 11.3 Å². The number of aromatic nitrogens is 2. The highest BCUT2D eigenvalue weighted by atomic mass is 19.4. The lowest BCUT2D eigenvalue weighted by molar-refractivity contribution is -0.141. The van der Waals surface area contributed by atoms with E-state index in [4.69, 9.17) is 19.9 Å². The third-order valence-electron chi connectivity index (χ3n) is 3.97. The minimum Gasteiger partial charge on any atom is -0.497 e. The van der Waals surface area contributed by atoms with E-state index in [-0.39, 0.29) is 28.6 Å². The molecule has 10 heteroatoms. The summed E-state index contributed by atoms with van der Waals surface area (Å²) >= 11 is 0. The topological polar surface area (TPSA) is 106 Å². The fraction of sp³-hybridized carbons (Fsp3) is 0.250. The van der Waals surface area contributed by atoms with Crippen LogP contribution in [0.3, 0.4) is 0 Å². The molecule has 3 rings (SSSR count). The second-order valence-corrected chi connectivity index (χ2v) is 5.35. The molecule has 2 heterocycles. The first kappa shape index (κ1) is 17.5. The molecule has 1 aromatic carbocycles. The average molecular weight is 366 g/mol. The van der Waals surface area contributed by atoms with Gasteiger partial charge in [0, 0.05) is 11.6 Å². The van der Waals surface area contributed by atoms with Gasteiger partial charge in [-0.2, -0.15) is 18.4 Å². The van der Waals surface area contributed by atoms with Gasteiger partial charge in [0.25, 0.3) is 0 Å². The number of hydrogen-bond donors (Lipinski definition) is 2. The molecular formula is C16H13F3N4O3. The average Bonchev–Trinajstić information content (AvgIpc) is 3.03. The third-order valence-corrected chi connectivity index (χ3v) is 3.97. The van der Waals surface area contributed by atoms with E-state index in [2.05, 4.69) is 5.10 Å². The van der Waals surface area contributed by atoms with Gasteiger partial charge in [0.2, 0.25) is 11.8 Å². The lowest BCUT2D eigenvalue weighted by Gasteiger charge is -2.25. The molecule has 0 spiro atoms. The number of benzene rings is 1. The predicted molar refractivity (Wildman–Crippen MR) is 82.4 cm³/mol. The lowest BCUT2D eigenvalue weighted by Crippen LogP contribution is -2.23. The molecule has 3 N–H and O–H groups in total. The van der Waals surface area contributed by atoms with E-state index >= 15 is 0 Å². The number of nitrogens with one attached hydrogen (secondary N) is 1. The molecule has 7 nitrogen and oxygen atoms in total. The summed E-state index contributed by atoms with van der Waals surface area (Å²) in [5.74, 6) is -1.14. The molecule has 0 aliphatic carbocycles. The Morgan fingerprint density at radius 1 is 1.31 bits per heavy atom. The van der Waals surface area contributed by atoms with E-state index in [1.54, 1.807) is 6.07 Å². The van der Waals surface area contributed by atoms with Crippen LogP contribution in [0.5, 0.6) is 17.4 Å². The van der Waals surface area contributed by atoms with Crippen molar-refractivity contribution in [2.45, 2.75) is 12.1 Å². The van der Waals surface area contributed by atoms with E-state index in [1.165, 1.54) is 26.4 Å². The first-order valence-corrected chi connectivity index (χ1v) is 7.26. The predicted octanol–water partition coefficient (Wildman–Crippen LogP) is 2.66. The first-order valence-electron chi connectivity index (χ1n) is 7.26. The minimum atomic E-state index is -4.73. The van der Waals surface area contributed by atoms with Gasteiger partial charge < -0.3 is 19.9 Å². The molecule has 0 fully saturated rings. The summed E-state index contributed by atoms with van der Waals surface area (Å²) < 4.78 is 55.7. The number of aromatic amines is 1. The third kappa shape index (κ3) is 2.67. The number of alkyl halides is 3. The number of H-pyrrole nitrogens is 1. The number of fused-ring (bicyclic) bond motifs is 1. The van der Waals surface area contributed by atoms with Gasteiger partial charge in [-0.05, 0) is 6.07 Å². The van der Waals surface area contributed by atoms with Gasteiger partial charge in [-0.25, -0.2) is 0 Å². The summed E-state index contributed by atoms with van der Waals surface area (Å²) in [5.41, 5.74) is 4.41. The van der Waals surface area contributed by atoms with Crippen LogP contribution in [0, 0.1) is 11.3 Å². The van der Waals surface area contributed by atoms with Crippen molar-refractivity contribution in [2.75, 3.05) is 14.2 Å². The highest BCUT2D eigenvalue weighted by molar-refractivity contribution is 5.59. The minimum absolute atomic E-state index is 0.173. The standard InChI is InChI=1S/C16H13F3N4O3/c1-24-7-3-4-8(10(5-7)25-2)11-9(6-20)14(21)26-15-12(11)13(22-23-15)16(17,18)19/h3-5,11H,21H2,1-2H3,(H,22,23). The molecule has 0 amide bonds. The van der Waals surface area contributed by atoms with Gasteiger partial charge in [-0.15, -0.1) is 5.10 Å². The molecule has 0 bridgehead atoms. The highest BCUT2D eigenvalue weighted by Gasteiger charge is 2.45. The Balaban J connectivity index is 2.30. The number of nitriles is 1. The number of allylic oxidation sites excluding steroid dienone is 1. The summed E-state index contributed by atoms with van der Waals surface area (Å²) in [6.45, 7) is 0. The Hall–Kier alpha value is -3.35. The molecule has 0 saturated heterocycles. The maximum Gasteiger partial charge on any atom is 0.433 e. The second-order valence-electron chi connectivity index (χ2n) is 5.35. The molecule has 1 unspecified atom stereocenters. The van der Waals surface area contributed by atoms with Crippen LogP contribution in [0.4, 0.5) is 13.2 Å². The Kier molecular flexibility index (Phi) is 4.15. The smallest absolute Gasteiger partial charge is 0.433 e. The van der Waals surface area contributed by atoms with Crippen molar-refractivity contribution < 1.29 is 27.4 Å². The zero-order valence-corrected chi connectivity index (χ0v) is 13.6. The molecule has 2 aromatic rings. The Labute approximate surface area is 145 Å². The number of nitrogens with two attached hydrogens (primary N) is 1. The van der Waals surface area contributed by atoms with Gasteiger partial charge in [-0.1, -0.05) is 6.07 Å². The number of halogens is 3. The number of nitrogens with zero attached hydrogens (tertiary/aromatic N) is 2. The number of ether oxygens (including phenoxy) is 3. The van der Waals surface area contributed by atoms with Crippen molar-refractivity contribution in [1.82, 2.24) is 10.2 Å². The van der Waals surface area contributed by atoms with Gasteiger partial charge >= 0.3 is 6.18 Å². The molecule has 26 heavy (non-hydrogen) atoms. The normalized spacial score (nSPS) is 16.5. The van der Waals surface area contributed by atoms with E-state index < -0.39 is 17.8 Å². The first-order chi connectivity index (χ1) is 12.3. The van der Waals surface area contributed by atoms with Crippen LogP contribution in [-0.2, 0) is 6.18 Å². The molecule has 0 radical (unpaired) electrons.